The Hall–Kier alpha value is -2.32. The molecule has 25 heavy (non-hydrogen) atoms. The van der Waals surface area contributed by atoms with E-state index in [4.69, 9.17) is 0 Å². The van der Waals surface area contributed by atoms with Crippen LogP contribution in [0.1, 0.15) is 22.5 Å². The topological polar surface area (TPSA) is 100 Å². The average Bonchev–Trinajstić information content (AvgIpc) is 3.04. The Balaban J connectivity index is 1.81. The molecule has 0 radical (unpaired) electrons. The second-order valence-corrected chi connectivity index (χ2v) is 8.21. The SMILES string of the molecule is CS(=O)(=O)N1CC[C@H](Cc2cncc(-c3ccccc3C(=O)O)n2)C1. The van der Waals surface area contributed by atoms with Gasteiger partial charge in [0.15, 0.2) is 0 Å². The molecule has 1 fully saturated rings. The van der Waals surface area contributed by atoms with Crippen LogP contribution in [0.3, 0.4) is 0 Å². The van der Waals surface area contributed by atoms with E-state index in [1.54, 1.807) is 30.6 Å². The van der Waals surface area contributed by atoms with E-state index in [0.717, 1.165) is 12.1 Å². The molecule has 3 rings (SSSR count). The smallest absolute Gasteiger partial charge is 0.336 e. The molecule has 0 saturated carbocycles. The molecule has 1 atom stereocenters. The molecule has 8 heteroatoms. The molecule has 0 bridgehead atoms. The van der Waals surface area contributed by atoms with Gasteiger partial charge in [-0.1, -0.05) is 18.2 Å². The fourth-order valence-electron chi connectivity index (χ4n) is 3.09. The maximum atomic E-state index is 11.6. The van der Waals surface area contributed by atoms with Gasteiger partial charge in [0.1, 0.15) is 0 Å². The van der Waals surface area contributed by atoms with Gasteiger partial charge in [-0.15, -0.1) is 0 Å². The Morgan fingerprint density at radius 2 is 2.08 bits per heavy atom. The summed E-state index contributed by atoms with van der Waals surface area (Å²) in [5.41, 5.74) is 1.94. The third kappa shape index (κ3) is 4.02. The third-order valence-electron chi connectivity index (χ3n) is 4.33. The van der Waals surface area contributed by atoms with Crippen molar-refractivity contribution in [2.75, 3.05) is 19.3 Å². The summed E-state index contributed by atoms with van der Waals surface area (Å²) in [5, 5.41) is 9.32. The van der Waals surface area contributed by atoms with Gasteiger partial charge in [-0.25, -0.2) is 22.5 Å². The van der Waals surface area contributed by atoms with Gasteiger partial charge in [-0.2, -0.15) is 0 Å². The normalized spacial score (nSPS) is 18.4. The van der Waals surface area contributed by atoms with E-state index in [1.807, 2.05) is 0 Å². The van der Waals surface area contributed by atoms with Gasteiger partial charge < -0.3 is 5.11 Å². The number of rotatable bonds is 5. The quantitative estimate of drug-likeness (QED) is 0.869. The van der Waals surface area contributed by atoms with E-state index in [-0.39, 0.29) is 11.5 Å². The third-order valence-corrected chi connectivity index (χ3v) is 5.60. The Kier molecular flexibility index (Phi) is 4.82. The lowest BCUT2D eigenvalue weighted by Crippen LogP contribution is -2.27. The molecular weight excluding hydrogens is 342 g/mol. The summed E-state index contributed by atoms with van der Waals surface area (Å²) >= 11 is 0. The summed E-state index contributed by atoms with van der Waals surface area (Å²) in [7, 11) is -3.16. The van der Waals surface area contributed by atoms with E-state index < -0.39 is 16.0 Å². The van der Waals surface area contributed by atoms with Crippen molar-refractivity contribution in [2.24, 2.45) is 5.92 Å². The van der Waals surface area contributed by atoms with Crippen molar-refractivity contribution in [3.63, 3.8) is 0 Å². The van der Waals surface area contributed by atoms with Crippen LogP contribution in [0.25, 0.3) is 11.3 Å². The lowest BCUT2D eigenvalue weighted by atomic mass is 10.0. The summed E-state index contributed by atoms with van der Waals surface area (Å²) in [4.78, 5) is 20.1. The van der Waals surface area contributed by atoms with Crippen LogP contribution in [0.5, 0.6) is 0 Å². The lowest BCUT2D eigenvalue weighted by molar-refractivity contribution is 0.0697. The molecule has 0 amide bonds. The Morgan fingerprint density at radius 3 is 2.76 bits per heavy atom. The zero-order chi connectivity index (χ0) is 18.0. The minimum absolute atomic E-state index is 0.179. The van der Waals surface area contributed by atoms with Gasteiger partial charge >= 0.3 is 5.97 Å². The average molecular weight is 361 g/mol. The van der Waals surface area contributed by atoms with Crippen LogP contribution in [0.2, 0.25) is 0 Å². The number of benzene rings is 1. The number of carboxylic acid groups (broad SMARTS) is 1. The molecule has 1 saturated heterocycles. The number of hydrogen-bond donors (Lipinski definition) is 1. The first-order chi connectivity index (χ1) is 11.8. The molecule has 0 spiro atoms. The first-order valence-electron chi connectivity index (χ1n) is 7.93. The van der Waals surface area contributed by atoms with Crippen LogP contribution in [0.4, 0.5) is 0 Å². The van der Waals surface area contributed by atoms with Crippen LogP contribution >= 0.6 is 0 Å². The van der Waals surface area contributed by atoms with Crippen LogP contribution < -0.4 is 0 Å². The fourth-order valence-corrected chi connectivity index (χ4v) is 4.01. The van der Waals surface area contributed by atoms with Gasteiger partial charge in [0.05, 0.1) is 29.4 Å². The molecule has 1 N–H and O–H groups in total. The maximum Gasteiger partial charge on any atom is 0.336 e. The number of carbonyl (C=O) groups is 1. The van der Waals surface area contributed by atoms with Gasteiger partial charge in [0, 0.05) is 24.8 Å². The molecule has 1 aromatic heterocycles. The summed E-state index contributed by atoms with van der Waals surface area (Å²) in [6.45, 7) is 1.01. The number of aromatic nitrogens is 2. The molecule has 132 valence electrons. The molecule has 0 unspecified atom stereocenters. The van der Waals surface area contributed by atoms with E-state index in [9.17, 15) is 18.3 Å². The van der Waals surface area contributed by atoms with Crippen molar-refractivity contribution < 1.29 is 18.3 Å². The Bertz CT molecular complexity index is 898. The minimum atomic E-state index is -3.16. The second kappa shape index (κ2) is 6.89. The number of nitrogens with zero attached hydrogens (tertiary/aromatic N) is 3. The van der Waals surface area contributed by atoms with Gasteiger partial charge in [-0.3, -0.25) is 4.98 Å². The summed E-state index contributed by atoms with van der Waals surface area (Å²) in [6, 6.07) is 6.67. The van der Waals surface area contributed by atoms with Crippen molar-refractivity contribution in [2.45, 2.75) is 12.8 Å². The molecule has 2 heterocycles. The molecule has 1 aromatic carbocycles. The molecule has 0 aliphatic carbocycles. The van der Waals surface area contributed by atoms with Crippen molar-refractivity contribution in [3.05, 3.63) is 47.9 Å². The van der Waals surface area contributed by atoms with Gasteiger partial charge in [0.2, 0.25) is 10.0 Å². The van der Waals surface area contributed by atoms with Crippen molar-refractivity contribution >= 4 is 16.0 Å². The highest BCUT2D eigenvalue weighted by Crippen LogP contribution is 2.24. The van der Waals surface area contributed by atoms with E-state index >= 15 is 0 Å². The van der Waals surface area contributed by atoms with Crippen molar-refractivity contribution in [1.29, 1.82) is 0 Å². The maximum absolute atomic E-state index is 11.6. The minimum Gasteiger partial charge on any atom is -0.478 e. The number of aromatic carboxylic acids is 1. The monoisotopic (exact) mass is 361 g/mol. The fraction of sp³-hybridized carbons (Fsp3) is 0.353. The summed E-state index contributed by atoms with van der Waals surface area (Å²) in [5.74, 6) is -0.823. The van der Waals surface area contributed by atoms with Crippen molar-refractivity contribution in [1.82, 2.24) is 14.3 Å². The predicted octanol–water partition coefficient (Wildman–Crippen LogP) is 1.67. The lowest BCUT2D eigenvalue weighted by Gasteiger charge is -2.13. The predicted molar refractivity (Wildman–Crippen MR) is 92.7 cm³/mol. The zero-order valence-corrected chi connectivity index (χ0v) is 14.6. The van der Waals surface area contributed by atoms with Gasteiger partial charge in [-0.05, 0) is 24.8 Å². The van der Waals surface area contributed by atoms with E-state index in [1.165, 1.54) is 16.6 Å². The van der Waals surface area contributed by atoms with Crippen LogP contribution in [-0.2, 0) is 16.4 Å². The number of hydrogen-bond acceptors (Lipinski definition) is 5. The summed E-state index contributed by atoms with van der Waals surface area (Å²) in [6.07, 6.45) is 5.81. The largest absolute Gasteiger partial charge is 0.478 e. The number of sulfonamides is 1. The highest BCUT2D eigenvalue weighted by atomic mass is 32.2. The molecule has 1 aliphatic rings. The summed E-state index contributed by atoms with van der Waals surface area (Å²) < 4.78 is 24.7. The molecule has 7 nitrogen and oxygen atoms in total. The Morgan fingerprint density at radius 1 is 1.32 bits per heavy atom. The molecule has 2 aromatic rings. The van der Waals surface area contributed by atoms with Crippen molar-refractivity contribution in [3.8, 4) is 11.3 Å². The molecular formula is C17H19N3O4S. The highest BCUT2D eigenvalue weighted by Gasteiger charge is 2.28. The highest BCUT2D eigenvalue weighted by molar-refractivity contribution is 7.88. The van der Waals surface area contributed by atoms with Crippen LogP contribution in [-0.4, -0.2) is 53.1 Å². The second-order valence-electron chi connectivity index (χ2n) is 6.23. The van der Waals surface area contributed by atoms with E-state index in [2.05, 4.69) is 9.97 Å². The van der Waals surface area contributed by atoms with Gasteiger partial charge in [0.25, 0.3) is 0 Å². The standard InChI is InChI=1S/C17H19N3O4S/c1-25(23,24)20-7-6-12(11-20)8-13-9-18-10-16(19-13)14-4-2-3-5-15(14)17(21)22/h2-5,9-10,12H,6-8,11H2,1H3,(H,21,22)/t12-/m1/s1. The Labute approximate surface area is 146 Å². The van der Waals surface area contributed by atoms with E-state index in [0.29, 0.717) is 30.8 Å². The first-order valence-corrected chi connectivity index (χ1v) is 9.78. The van der Waals surface area contributed by atoms with Crippen LogP contribution in [0, 0.1) is 5.92 Å². The molecule has 1 aliphatic heterocycles. The first kappa shape index (κ1) is 17.5. The van der Waals surface area contributed by atoms with Crippen LogP contribution in [0.15, 0.2) is 36.7 Å². The number of carboxylic acids is 1. The zero-order valence-electron chi connectivity index (χ0n) is 13.8.